The van der Waals surface area contributed by atoms with E-state index >= 15 is 0 Å². The van der Waals surface area contributed by atoms with Crippen LogP contribution in [-0.2, 0) is 16.5 Å². The van der Waals surface area contributed by atoms with Gasteiger partial charge in [-0.15, -0.1) is 0 Å². The zero-order chi connectivity index (χ0) is 25.9. The molecule has 2 heterocycles. The van der Waals surface area contributed by atoms with Crippen molar-refractivity contribution in [1.29, 1.82) is 0 Å². The average Bonchev–Trinajstić information content (AvgIpc) is 2.87. The average molecular weight is 503 g/mol. The maximum Gasteiger partial charge on any atom is 0.433 e. The first-order valence-corrected chi connectivity index (χ1v) is 11.6. The van der Waals surface area contributed by atoms with E-state index in [1.807, 2.05) is 19.1 Å². The molecule has 5 nitrogen and oxygen atoms in total. The zero-order valence-corrected chi connectivity index (χ0v) is 19.6. The van der Waals surface area contributed by atoms with Gasteiger partial charge in [0.1, 0.15) is 17.1 Å². The van der Waals surface area contributed by atoms with Crippen LogP contribution in [0.4, 0.5) is 22.4 Å². The van der Waals surface area contributed by atoms with Crippen molar-refractivity contribution in [2.75, 3.05) is 13.2 Å². The second kappa shape index (κ2) is 10.3. The summed E-state index contributed by atoms with van der Waals surface area (Å²) in [5.41, 5.74) is 0.882. The minimum absolute atomic E-state index is 0.0542. The minimum atomic E-state index is -4.49. The summed E-state index contributed by atoms with van der Waals surface area (Å²) in [7, 11) is 0. The lowest BCUT2D eigenvalue weighted by Gasteiger charge is -2.43. The molecule has 0 saturated carbocycles. The van der Waals surface area contributed by atoms with Crippen LogP contribution >= 0.6 is 0 Å². The SMILES string of the molecule is C[C@@H](c1ccc(-c2ccc(C(F)(F)F)nc2)cc1)N1CCC(CCCO)(c2ccc(F)cc2)OC1=O. The number of nitrogens with zero attached hydrogens (tertiary/aromatic N) is 2. The van der Waals surface area contributed by atoms with Crippen molar-refractivity contribution in [3.63, 3.8) is 0 Å². The van der Waals surface area contributed by atoms with Crippen molar-refractivity contribution in [2.45, 2.75) is 44.0 Å². The van der Waals surface area contributed by atoms with Crippen LogP contribution in [0.1, 0.15) is 49.0 Å². The third kappa shape index (κ3) is 5.36. The van der Waals surface area contributed by atoms with Crippen molar-refractivity contribution in [3.05, 3.63) is 89.5 Å². The first-order chi connectivity index (χ1) is 17.1. The van der Waals surface area contributed by atoms with Crippen molar-refractivity contribution in [1.82, 2.24) is 9.88 Å². The molecule has 3 aromatic rings. The fourth-order valence-electron chi connectivity index (χ4n) is 4.53. The van der Waals surface area contributed by atoms with E-state index in [1.54, 1.807) is 29.2 Å². The molecule has 36 heavy (non-hydrogen) atoms. The molecule has 1 N–H and O–H groups in total. The molecular formula is C27H26F4N2O3. The number of pyridine rings is 1. The van der Waals surface area contributed by atoms with Crippen LogP contribution in [0.25, 0.3) is 11.1 Å². The van der Waals surface area contributed by atoms with Gasteiger partial charge in [0.2, 0.25) is 0 Å². The van der Waals surface area contributed by atoms with Gasteiger partial charge in [0.15, 0.2) is 0 Å². The first-order valence-electron chi connectivity index (χ1n) is 11.6. The molecule has 1 saturated heterocycles. The highest BCUT2D eigenvalue weighted by molar-refractivity contribution is 5.70. The Morgan fingerprint density at radius 3 is 2.28 bits per heavy atom. The standard InChI is InChI=1S/C27H26F4N2O3/c1-18(19-3-5-20(6-4-19)21-7-12-24(32-17-21)27(29,30)31)33-15-14-26(13-2-16-34,36-25(33)35)22-8-10-23(28)11-9-22/h3-12,17-18,34H,2,13-16H2,1H3/t18-,26?/m0/s1. The van der Waals surface area contributed by atoms with E-state index in [1.165, 1.54) is 24.4 Å². The Balaban J connectivity index is 1.49. The van der Waals surface area contributed by atoms with Crippen LogP contribution in [0.2, 0.25) is 0 Å². The lowest BCUT2D eigenvalue weighted by atomic mass is 9.84. The van der Waals surface area contributed by atoms with Gasteiger partial charge in [0.25, 0.3) is 0 Å². The number of aliphatic hydroxyl groups is 1. The number of alkyl halides is 3. The summed E-state index contributed by atoms with van der Waals surface area (Å²) < 4.78 is 57.7. The van der Waals surface area contributed by atoms with Crippen molar-refractivity contribution >= 4 is 6.09 Å². The molecule has 0 spiro atoms. The van der Waals surface area contributed by atoms with E-state index < -0.39 is 23.6 Å². The Hall–Kier alpha value is -3.46. The molecule has 0 radical (unpaired) electrons. The van der Waals surface area contributed by atoms with Crippen molar-refractivity contribution < 1.29 is 32.2 Å². The Morgan fingerprint density at radius 2 is 1.72 bits per heavy atom. The van der Waals surface area contributed by atoms with Crippen LogP contribution in [-0.4, -0.2) is 34.2 Å². The summed E-state index contributed by atoms with van der Waals surface area (Å²) in [4.78, 5) is 18.2. The molecule has 0 aliphatic carbocycles. The van der Waals surface area contributed by atoms with E-state index in [2.05, 4.69) is 4.98 Å². The van der Waals surface area contributed by atoms with Crippen LogP contribution < -0.4 is 0 Å². The van der Waals surface area contributed by atoms with E-state index in [0.29, 0.717) is 42.5 Å². The molecule has 2 aromatic carbocycles. The maximum atomic E-state index is 13.5. The van der Waals surface area contributed by atoms with Crippen LogP contribution in [0, 0.1) is 5.82 Å². The smallest absolute Gasteiger partial charge is 0.433 e. The lowest BCUT2D eigenvalue weighted by molar-refractivity contribution is -0.141. The van der Waals surface area contributed by atoms with Gasteiger partial charge in [-0.2, -0.15) is 13.2 Å². The number of aromatic nitrogens is 1. The number of aliphatic hydroxyl groups excluding tert-OH is 1. The van der Waals surface area contributed by atoms with Gasteiger partial charge < -0.3 is 14.7 Å². The van der Waals surface area contributed by atoms with Crippen LogP contribution in [0.15, 0.2) is 66.9 Å². The van der Waals surface area contributed by atoms with Gasteiger partial charge in [-0.3, -0.25) is 4.98 Å². The Bertz CT molecular complexity index is 1180. The number of carbonyl (C=O) groups is 1. The molecular weight excluding hydrogens is 476 g/mol. The predicted molar refractivity (Wildman–Crippen MR) is 125 cm³/mol. The number of carbonyl (C=O) groups excluding carboxylic acids is 1. The highest BCUT2D eigenvalue weighted by Crippen LogP contribution is 2.40. The molecule has 2 atom stereocenters. The van der Waals surface area contributed by atoms with E-state index in [0.717, 1.165) is 11.6 Å². The fourth-order valence-corrected chi connectivity index (χ4v) is 4.53. The fraction of sp³-hybridized carbons (Fsp3) is 0.333. The molecule has 1 fully saturated rings. The summed E-state index contributed by atoms with van der Waals surface area (Å²) >= 11 is 0. The van der Waals surface area contributed by atoms with Gasteiger partial charge in [0, 0.05) is 31.3 Å². The van der Waals surface area contributed by atoms with Crippen LogP contribution in [0.3, 0.4) is 0 Å². The number of amides is 1. The molecule has 1 aliphatic rings. The molecule has 4 rings (SSSR count). The molecule has 1 aromatic heterocycles. The molecule has 190 valence electrons. The largest absolute Gasteiger partial charge is 0.438 e. The topological polar surface area (TPSA) is 62.7 Å². The summed E-state index contributed by atoms with van der Waals surface area (Å²) in [5, 5.41) is 9.35. The number of halogens is 4. The quantitative estimate of drug-likeness (QED) is 0.376. The minimum Gasteiger partial charge on any atom is -0.438 e. The van der Waals surface area contributed by atoms with Gasteiger partial charge in [0.05, 0.1) is 6.04 Å². The maximum absolute atomic E-state index is 13.5. The van der Waals surface area contributed by atoms with Gasteiger partial charge in [-0.05, 0) is 54.7 Å². The van der Waals surface area contributed by atoms with Gasteiger partial charge in [-0.1, -0.05) is 42.5 Å². The molecule has 1 aliphatic heterocycles. The van der Waals surface area contributed by atoms with E-state index in [4.69, 9.17) is 4.74 Å². The predicted octanol–water partition coefficient (Wildman–Crippen LogP) is 6.48. The summed E-state index contributed by atoms with van der Waals surface area (Å²) in [6.07, 6.45) is -2.49. The van der Waals surface area contributed by atoms with Gasteiger partial charge >= 0.3 is 12.3 Å². The summed E-state index contributed by atoms with van der Waals surface area (Å²) in [6.45, 7) is 2.21. The number of rotatable bonds is 7. The zero-order valence-electron chi connectivity index (χ0n) is 19.6. The highest BCUT2D eigenvalue weighted by atomic mass is 19.4. The Labute approximate surface area is 206 Å². The first kappa shape index (κ1) is 25.6. The third-order valence-corrected chi connectivity index (χ3v) is 6.63. The van der Waals surface area contributed by atoms with Gasteiger partial charge in [-0.25, -0.2) is 9.18 Å². The monoisotopic (exact) mass is 502 g/mol. The molecule has 1 unspecified atom stereocenters. The molecule has 0 bridgehead atoms. The normalized spacial score (nSPS) is 19.2. The second-order valence-corrected chi connectivity index (χ2v) is 8.87. The van der Waals surface area contributed by atoms with Crippen molar-refractivity contribution in [3.8, 4) is 11.1 Å². The molecule has 1 amide bonds. The Kier molecular flexibility index (Phi) is 7.31. The van der Waals surface area contributed by atoms with E-state index in [-0.39, 0.29) is 18.5 Å². The number of ether oxygens (including phenoxy) is 1. The number of benzene rings is 2. The van der Waals surface area contributed by atoms with Crippen LogP contribution in [0.5, 0.6) is 0 Å². The number of hydrogen-bond donors (Lipinski definition) is 1. The molecule has 9 heteroatoms. The third-order valence-electron chi connectivity index (χ3n) is 6.63. The summed E-state index contributed by atoms with van der Waals surface area (Å²) in [6, 6.07) is 15.0. The lowest BCUT2D eigenvalue weighted by Crippen LogP contribution is -2.48. The summed E-state index contributed by atoms with van der Waals surface area (Å²) in [5.74, 6) is -0.385. The number of cyclic esters (lactones) is 1. The highest BCUT2D eigenvalue weighted by Gasteiger charge is 2.43. The van der Waals surface area contributed by atoms with Crippen molar-refractivity contribution in [2.24, 2.45) is 0 Å². The van der Waals surface area contributed by atoms with E-state index in [9.17, 15) is 27.5 Å². The second-order valence-electron chi connectivity index (χ2n) is 8.87. The number of hydrogen-bond acceptors (Lipinski definition) is 4. The Morgan fingerprint density at radius 1 is 1.06 bits per heavy atom.